The van der Waals surface area contributed by atoms with Gasteiger partial charge in [-0.1, -0.05) is 0 Å². The van der Waals surface area contributed by atoms with Gasteiger partial charge in [-0.2, -0.15) is 31.3 Å². The SMILES string of the molecule is CCOCCOc1nc(-c2ccc3c(c2)OCO3)n(-c2ccc(NC(=O)c3cc(C(F)(F)F)cc(C(F)(F)F)c3)cc2)n1. The molecule has 0 aliphatic carbocycles. The van der Waals surface area contributed by atoms with Crippen LogP contribution in [0.1, 0.15) is 28.4 Å². The van der Waals surface area contributed by atoms with E-state index in [4.69, 9.17) is 18.9 Å². The Bertz CT molecular complexity index is 1590. The molecule has 0 spiro atoms. The van der Waals surface area contributed by atoms with Crippen molar-refractivity contribution in [3.8, 4) is 34.6 Å². The van der Waals surface area contributed by atoms with Crippen LogP contribution in [0, 0.1) is 0 Å². The van der Waals surface area contributed by atoms with Gasteiger partial charge in [-0.3, -0.25) is 4.79 Å². The number of carbonyl (C=O) groups is 1. The number of nitrogens with zero attached hydrogens (tertiary/aromatic N) is 3. The molecule has 1 aliphatic heterocycles. The first-order valence-electron chi connectivity index (χ1n) is 12.7. The molecule has 226 valence electrons. The van der Waals surface area contributed by atoms with Crippen molar-refractivity contribution in [2.75, 3.05) is 31.9 Å². The summed E-state index contributed by atoms with van der Waals surface area (Å²) in [6.45, 7) is 2.93. The number of hydrogen-bond donors (Lipinski definition) is 1. The number of benzene rings is 3. The van der Waals surface area contributed by atoms with E-state index in [1.165, 1.54) is 28.9 Å². The number of hydrogen-bond acceptors (Lipinski definition) is 7. The summed E-state index contributed by atoms with van der Waals surface area (Å²) < 4.78 is 102. The lowest BCUT2D eigenvalue weighted by Gasteiger charge is -2.14. The molecule has 0 bridgehead atoms. The highest BCUT2D eigenvalue weighted by molar-refractivity contribution is 6.04. The monoisotopic (exact) mass is 608 g/mol. The number of anilines is 1. The second kappa shape index (κ2) is 11.8. The lowest BCUT2D eigenvalue weighted by molar-refractivity contribution is -0.143. The Morgan fingerprint density at radius 1 is 0.907 bits per heavy atom. The van der Waals surface area contributed by atoms with E-state index >= 15 is 0 Å². The average Bonchev–Trinajstić information content (AvgIpc) is 3.61. The summed E-state index contributed by atoms with van der Waals surface area (Å²) in [6, 6.07) is 11.8. The smallest absolute Gasteiger partial charge is 0.416 e. The van der Waals surface area contributed by atoms with Gasteiger partial charge in [0.1, 0.15) is 6.61 Å². The van der Waals surface area contributed by atoms with Crippen LogP contribution in [0.3, 0.4) is 0 Å². The zero-order chi connectivity index (χ0) is 30.8. The molecule has 2 heterocycles. The Hall–Kier alpha value is -4.79. The molecule has 0 fully saturated rings. The lowest BCUT2D eigenvalue weighted by Crippen LogP contribution is -2.17. The molecule has 0 saturated carbocycles. The van der Waals surface area contributed by atoms with Crippen molar-refractivity contribution in [1.29, 1.82) is 0 Å². The van der Waals surface area contributed by atoms with Crippen molar-refractivity contribution in [2.45, 2.75) is 19.3 Å². The number of aromatic nitrogens is 3. The van der Waals surface area contributed by atoms with Gasteiger partial charge in [-0.15, -0.1) is 5.10 Å². The van der Waals surface area contributed by atoms with E-state index in [0.29, 0.717) is 53.9 Å². The molecule has 4 aromatic rings. The molecule has 15 heteroatoms. The maximum atomic E-state index is 13.2. The Balaban J connectivity index is 1.41. The molecule has 0 radical (unpaired) electrons. The molecule has 43 heavy (non-hydrogen) atoms. The highest BCUT2D eigenvalue weighted by Gasteiger charge is 2.37. The van der Waals surface area contributed by atoms with Crippen LogP contribution in [0.2, 0.25) is 0 Å². The minimum atomic E-state index is -5.09. The van der Waals surface area contributed by atoms with E-state index in [1.54, 1.807) is 18.2 Å². The van der Waals surface area contributed by atoms with Crippen LogP contribution in [0.25, 0.3) is 17.1 Å². The van der Waals surface area contributed by atoms with Crippen molar-refractivity contribution >= 4 is 11.6 Å². The quantitative estimate of drug-likeness (QED) is 0.174. The number of ether oxygens (including phenoxy) is 4. The number of halogens is 6. The number of nitrogens with one attached hydrogen (secondary N) is 1. The van der Waals surface area contributed by atoms with Crippen molar-refractivity contribution in [3.63, 3.8) is 0 Å². The van der Waals surface area contributed by atoms with Gasteiger partial charge in [0.2, 0.25) is 6.79 Å². The van der Waals surface area contributed by atoms with Crippen LogP contribution in [-0.2, 0) is 17.1 Å². The van der Waals surface area contributed by atoms with Gasteiger partial charge in [-0.25, -0.2) is 4.68 Å². The van der Waals surface area contributed by atoms with Gasteiger partial charge >= 0.3 is 18.4 Å². The average molecular weight is 608 g/mol. The van der Waals surface area contributed by atoms with Gasteiger partial charge in [0, 0.05) is 23.4 Å². The molecule has 1 N–H and O–H groups in total. The summed E-state index contributed by atoms with van der Waals surface area (Å²) >= 11 is 0. The van der Waals surface area contributed by atoms with Crippen molar-refractivity contribution in [1.82, 2.24) is 14.8 Å². The highest BCUT2D eigenvalue weighted by atomic mass is 19.4. The molecule has 1 aliphatic rings. The van der Waals surface area contributed by atoms with Crippen LogP contribution in [0.4, 0.5) is 32.0 Å². The second-order valence-electron chi connectivity index (χ2n) is 9.04. The summed E-state index contributed by atoms with van der Waals surface area (Å²) in [6.07, 6.45) is -10.2. The fraction of sp³-hybridized carbons (Fsp3) is 0.250. The summed E-state index contributed by atoms with van der Waals surface area (Å²) in [5.41, 5.74) is -2.82. The molecule has 0 unspecified atom stereocenters. The van der Waals surface area contributed by atoms with E-state index in [0.717, 1.165) is 0 Å². The number of carbonyl (C=O) groups excluding carboxylic acids is 1. The van der Waals surface area contributed by atoms with Crippen molar-refractivity contribution in [3.05, 3.63) is 77.4 Å². The molecular weight excluding hydrogens is 586 g/mol. The topological polar surface area (TPSA) is 96.7 Å². The first-order chi connectivity index (χ1) is 20.4. The van der Waals surface area contributed by atoms with E-state index in [-0.39, 0.29) is 31.2 Å². The summed E-state index contributed by atoms with van der Waals surface area (Å²) in [5, 5.41) is 6.73. The van der Waals surface area contributed by atoms with Crippen LogP contribution in [0.5, 0.6) is 17.5 Å². The predicted molar refractivity (Wildman–Crippen MR) is 139 cm³/mol. The Kier molecular flexibility index (Phi) is 8.17. The zero-order valence-electron chi connectivity index (χ0n) is 22.3. The minimum absolute atomic E-state index is 0.0454. The number of rotatable bonds is 9. The maximum Gasteiger partial charge on any atom is 0.416 e. The maximum absolute atomic E-state index is 13.2. The Labute approximate surface area is 240 Å². The van der Waals surface area contributed by atoms with Crippen LogP contribution in [-0.4, -0.2) is 47.3 Å². The largest absolute Gasteiger partial charge is 0.460 e. The number of fused-ring (bicyclic) bond motifs is 1. The fourth-order valence-electron chi connectivity index (χ4n) is 4.07. The van der Waals surface area contributed by atoms with Gasteiger partial charge in [0.15, 0.2) is 17.3 Å². The molecule has 1 amide bonds. The number of alkyl halides is 6. The molecule has 3 aromatic carbocycles. The summed E-state index contributed by atoms with van der Waals surface area (Å²) in [4.78, 5) is 17.2. The van der Waals surface area contributed by atoms with E-state index in [1.807, 2.05) is 6.92 Å². The number of amides is 1. The first kappa shape index (κ1) is 29.7. The van der Waals surface area contributed by atoms with E-state index in [9.17, 15) is 31.1 Å². The van der Waals surface area contributed by atoms with E-state index in [2.05, 4.69) is 15.4 Å². The lowest BCUT2D eigenvalue weighted by atomic mass is 10.0. The summed E-state index contributed by atoms with van der Waals surface area (Å²) in [5.74, 6) is 0.278. The van der Waals surface area contributed by atoms with E-state index < -0.39 is 35.0 Å². The molecule has 1 aromatic heterocycles. The molecule has 5 rings (SSSR count). The van der Waals surface area contributed by atoms with Gasteiger partial charge in [0.25, 0.3) is 5.91 Å². The predicted octanol–water partition coefficient (Wildman–Crippen LogP) is 6.37. The Morgan fingerprint density at radius 2 is 1.58 bits per heavy atom. The van der Waals surface area contributed by atoms with Crippen LogP contribution >= 0.6 is 0 Å². The fourth-order valence-corrected chi connectivity index (χ4v) is 4.07. The second-order valence-corrected chi connectivity index (χ2v) is 9.04. The molecule has 0 saturated heterocycles. The highest BCUT2D eigenvalue weighted by Crippen LogP contribution is 2.38. The minimum Gasteiger partial charge on any atom is -0.460 e. The summed E-state index contributed by atoms with van der Waals surface area (Å²) in [7, 11) is 0. The van der Waals surface area contributed by atoms with Crippen molar-refractivity contribution < 1.29 is 50.1 Å². The van der Waals surface area contributed by atoms with Crippen molar-refractivity contribution in [2.24, 2.45) is 0 Å². The standard InChI is InChI=1S/C28H22F6N4O5/c1-2-40-9-10-41-26-36-24(16-3-8-22-23(13-16)43-15-42-22)38(37-26)21-6-4-20(5-7-21)35-25(39)17-11-18(27(29,30)31)14-19(12-17)28(32,33)34/h3-8,11-14H,2,9-10,15H2,1H3,(H,35,39). The van der Waals surface area contributed by atoms with Gasteiger partial charge in [-0.05, 0) is 67.6 Å². The molecule has 9 nitrogen and oxygen atoms in total. The third kappa shape index (κ3) is 6.83. The van der Waals surface area contributed by atoms with Crippen LogP contribution < -0.4 is 19.5 Å². The first-order valence-corrected chi connectivity index (χ1v) is 12.7. The third-order valence-electron chi connectivity index (χ3n) is 6.10. The zero-order valence-corrected chi connectivity index (χ0v) is 22.3. The van der Waals surface area contributed by atoms with Gasteiger partial charge < -0.3 is 24.3 Å². The molecule has 0 atom stereocenters. The normalized spacial score (nSPS) is 12.8. The Morgan fingerprint density at radius 3 is 2.23 bits per heavy atom. The third-order valence-corrected chi connectivity index (χ3v) is 6.10. The van der Waals surface area contributed by atoms with Crippen LogP contribution in [0.15, 0.2) is 60.7 Å². The van der Waals surface area contributed by atoms with Gasteiger partial charge in [0.05, 0.1) is 23.4 Å². The molecular formula is C28H22F6N4O5.